The van der Waals surface area contributed by atoms with Crippen molar-refractivity contribution in [1.82, 2.24) is 4.57 Å². The summed E-state index contributed by atoms with van der Waals surface area (Å²) >= 11 is 0. The first-order valence-electron chi connectivity index (χ1n) is 27.4. The van der Waals surface area contributed by atoms with Gasteiger partial charge >= 0.3 is 0 Å². The highest BCUT2D eigenvalue weighted by Gasteiger charge is 2.51. The normalized spacial score (nSPS) is 16.3. The molecule has 0 fully saturated rings. The summed E-state index contributed by atoms with van der Waals surface area (Å²) in [6.45, 7) is 6.67. The Kier molecular flexibility index (Phi) is 9.50. The van der Waals surface area contributed by atoms with Crippen molar-refractivity contribution in [1.29, 1.82) is 0 Å². The van der Waals surface area contributed by atoms with E-state index in [-0.39, 0.29) is 36.0 Å². The van der Waals surface area contributed by atoms with Gasteiger partial charge in [-0.15, -0.1) is 0 Å². The Morgan fingerprint density at radius 1 is 0.458 bits per heavy atom. The predicted molar refractivity (Wildman–Crippen MR) is 309 cm³/mol. The Labute approximate surface area is 432 Å². The molecule has 0 aliphatic heterocycles. The van der Waals surface area contributed by atoms with Gasteiger partial charge in [-0.3, -0.25) is 0 Å². The van der Waals surface area contributed by atoms with Gasteiger partial charge < -0.3 is 4.57 Å². The zero-order valence-corrected chi connectivity index (χ0v) is 42.0. The van der Waals surface area contributed by atoms with Crippen molar-refractivity contribution in [3.05, 3.63) is 324 Å². The standard InChI is InChI=1S/C69H53NSi2/c1-3-27-65(72(53-34-16-7-17-35-53,54-36-18-8-19-37-54)55-38-20-9-21-39-55)67-49(2)66-59-41-22-23-42-60(59)69(67)68-61(66)43-26-45-63(68)70-62-44-25-24-40-57(62)58-47-46-56(48-64(58)70)71(50-28-10-4-11-29-50,51-30-12-5-13-31-51)52-32-14-6-15-33-52/h3-48,66,69H,1H2,2H3/b65-27+/i7D,16D,17D,34D,35D. The summed E-state index contributed by atoms with van der Waals surface area (Å²) in [4.78, 5) is 0. The van der Waals surface area contributed by atoms with Crippen LogP contribution in [-0.2, 0) is 0 Å². The number of rotatable bonds is 11. The molecule has 10 aromatic carbocycles. The van der Waals surface area contributed by atoms with E-state index < -0.39 is 22.2 Å². The Balaban J connectivity index is 1.14. The van der Waals surface area contributed by atoms with E-state index in [1.807, 2.05) is 42.5 Å². The molecular weight excluding hydrogens is 899 g/mol. The molecule has 14 rings (SSSR count). The average Bonchev–Trinajstić information content (AvgIpc) is 4.02. The highest BCUT2D eigenvalue weighted by Crippen LogP contribution is 2.59. The Morgan fingerprint density at radius 3 is 1.51 bits per heavy atom. The highest BCUT2D eigenvalue weighted by molar-refractivity contribution is 7.20. The van der Waals surface area contributed by atoms with Crippen LogP contribution in [0, 0.1) is 0 Å². The number of para-hydroxylation sites is 1. The maximum Gasteiger partial charge on any atom is 0.179 e. The summed E-state index contributed by atoms with van der Waals surface area (Å²) in [6, 6.07) is 84.0. The van der Waals surface area contributed by atoms with E-state index in [1.165, 1.54) is 59.3 Å². The van der Waals surface area contributed by atoms with Gasteiger partial charge in [-0.2, -0.15) is 0 Å². The summed E-state index contributed by atoms with van der Waals surface area (Å²) in [5.41, 5.74) is 10.5. The minimum Gasteiger partial charge on any atom is -0.309 e. The van der Waals surface area contributed by atoms with Gasteiger partial charge in [0.05, 0.1) is 23.6 Å². The number of fused-ring (bicyclic) bond motifs is 3. The van der Waals surface area contributed by atoms with Crippen LogP contribution in [0.25, 0.3) is 27.5 Å². The molecule has 0 saturated carbocycles. The fourth-order valence-corrected chi connectivity index (χ4v) is 22.6. The molecular formula is C69H53NSi2. The van der Waals surface area contributed by atoms with E-state index in [2.05, 4.69) is 224 Å². The van der Waals surface area contributed by atoms with Crippen molar-refractivity contribution >= 4 is 74.3 Å². The molecule has 3 heteroatoms. The van der Waals surface area contributed by atoms with Crippen LogP contribution < -0.4 is 36.3 Å². The Bertz CT molecular complexity index is 4030. The molecule has 1 heterocycles. The summed E-state index contributed by atoms with van der Waals surface area (Å²) < 4.78 is 49.7. The molecule has 11 aromatic rings. The van der Waals surface area contributed by atoms with Gasteiger partial charge in [-0.25, -0.2) is 0 Å². The maximum absolute atomic E-state index is 9.92. The number of hydrogen-bond donors (Lipinski definition) is 0. The zero-order chi connectivity index (χ0) is 52.6. The molecule has 0 N–H and O–H groups in total. The predicted octanol–water partition coefficient (Wildman–Crippen LogP) is 11.9. The molecule has 2 bridgehead atoms. The van der Waals surface area contributed by atoms with Crippen LogP contribution in [0.2, 0.25) is 0 Å². The molecule has 0 spiro atoms. The molecule has 0 saturated heterocycles. The number of aromatic nitrogens is 1. The van der Waals surface area contributed by atoms with E-state index in [4.69, 9.17) is 1.37 Å². The Hall–Kier alpha value is -8.35. The summed E-state index contributed by atoms with van der Waals surface area (Å²) in [7, 11) is -6.89. The molecule has 1 nitrogen and oxygen atoms in total. The zero-order valence-electron chi connectivity index (χ0n) is 45.0. The van der Waals surface area contributed by atoms with Crippen LogP contribution in [0.3, 0.4) is 0 Å². The third-order valence-corrected chi connectivity index (χ3v) is 25.1. The van der Waals surface area contributed by atoms with Gasteiger partial charge in [-0.1, -0.05) is 273 Å². The first kappa shape index (κ1) is 38.4. The summed E-state index contributed by atoms with van der Waals surface area (Å²) in [6.07, 6.45) is 3.96. The second-order valence-corrected chi connectivity index (χ2v) is 26.6. The highest BCUT2D eigenvalue weighted by atomic mass is 28.3. The molecule has 3 aliphatic rings. The average molecular weight is 957 g/mol. The fraction of sp³-hybridized carbons (Fsp3) is 0.0435. The molecule has 0 radical (unpaired) electrons. The molecule has 2 unspecified atom stereocenters. The van der Waals surface area contributed by atoms with Crippen LogP contribution in [0.5, 0.6) is 0 Å². The van der Waals surface area contributed by atoms with Crippen LogP contribution in [0.4, 0.5) is 0 Å². The lowest BCUT2D eigenvalue weighted by Crippen LogP contribution is -2.74. The fourth-order valence-electron chi connectivity index (χ4n) is 13.0. The molecule has 72 heavy (non-hydrogen) atoms. The maximum atomic E-state index is 9.92. The van der Waals surface area contributed by atoms with Crippen LogP contribution in [-0.4, -0.2) is 20.7 Å². The molecule has 2 atom stereocenters. The molecule has 3 aliphatic carbocycles. The summed E-state index contributed by atoms with van der Waals surface area (Å²) in [5, 5.41) is 10.6. The van der Waals surface area contributed by atoms with Gasteiger partial charge in [-0.05, 0) is 94.5 Å². The molecule has 0 amide bonds. The number of allylic oxidation sites excluding steroid dienone is 5. The minimum absolute atomic E-state index is 0.148. The van der Waals surface area contributed by atoms with Crippen LogP contribution >= 0.6 is 0 Å². The van der Waals surface area contributed by atoms with Crippen molar-refractivity contribution in [3.63, 3.8) is 0 Å². The van der Waals surface area contributed by atoms with E-state index in [0.717, 1.165) is 37.9 Å². The third kappa shape index (κ3) is 6.44. The molecule has 1 aromatic heterocycles. The monoisotopic (exact) mass is 956 g/mol. The summed E-state index contributed by atoms with van der Waals surface area (Å²) in [5.74, 6) is -0.478. The van der Waals surface area contributed by atoms with Gasteiger partial charge in [0.2, 0.25) is 0 Å². The second kappa shape index (κ2) is 17.8. The lowest BCUT2D eigenvalue weighted by atomic mass is 9.60. The second-order valence-electron chi connectivity index (χ2n) is 19.1. The van der Waals surface area contributed by atoms with Crippen molar-refractivity contribution in [2.75, 3.05) is 0 Å². The van der Waals surface area contributed by atoms with Gasteiger partial charge in [0, 0.05) is 22.6 Å². The van der Waals surface area contributed by atoms with E-state index in [9.17, 15) is 5.48 Å². The molecule has 342 valence electrons. The van der Waals surface area contributed by atoms with E-state index >= 15 is 0 Å². The SMILES string of the molecule is [2H]c1c([2H])c([2H])c([Si](/C(=C/C=C)C2=C(C)C3c4ccccc4C2c2c3cccc2-n2c3ccccc3c3ccc([Si](c4ccccc4)(c4ccccc4)c4ccccc4)cc32)(c2ccccc2)c2ccccc2)c([2H])c1[2H]. The largest absolute Gasteiger partial charge is 0.309 e. The van der Waals surface area contributed by atoms with Crippen molar-refractivity contribution in [2.45, 2.75) is 18.8 Å². The lowest BCUT2D eigenvalue weighted by molar-refractivity contribution is 0.734. The number of benzene rings is 10. The minimum atomic E-state index is -3.92. The Morgan fingerprint density at radius 2 is 0.944 bits per heavy atom. The number of hydrogen-bond acceptors (Lipinski definition) is 0. The quantitative estimate of drug-likeness (QED) is 0.0692. The van der Waals surface area contributed by atoms with Crippen LogP contribution in [0.15, 0.2) is 302 Å². The van der Waals surface area contributed by atoms with Gasteiger partial charge in [0.15, 0.2) is 16.1 Å². The number of nitrogens with zero attached hydrogens (tertiary/aromatic N) is 1. The third-order valence-electron chi connectivity index (χ3n) is 15.7. The van der Waals surface area contributed by atoms with Gasteiger partial charge in [0.25, 0.3) is 0 Å². The first-order chi connectivity index (χ1) is 37.7. The smallest absolute Gasteiger partial charge is 0.179 e. The van der Waals surface area contributed by atoms with Crippen molar-refractivity contribution in [2.24, 2.45) is 0 Å². The van der Waals surface area contributed by atoms with E-state index in [0.29, 0.717) is 5.19 Å². The van der Waals surface area contributed by atoms with Crippen molar-refractivity contribution < 1.29 is 6.85 Å². The van der Waals surface area contributed by atoms with Crippen LogP contribution in [0.1, 0.15) is 47.9 Å². The van der Waals surface area contributed by atoms with Crippen molar-refractivity contribution in [3.8, 4) is 5.69 Å². The van der Waals surface area contributed by atoms with E-state index in [1.54, 1.807) is 0 Å². The van der Waals surface area contributed by atoms with Gasteiger partial charge in [0.1, 0.15) is 0 Å². The lowest BCUT2D eigenvalue weighted by Gasteiger charge is -2.48. The first-order valence-corrected chi connectivity index (χ1v) is 28.9. The topological polar surface area (TPSA) is 4.93 Å².